The maximum Gasteiger partial charge on any atom is 0.306 e. The van der Waals surface area contributed by atoms with Gasteiger partial charge in [0.15, 0.2) is 0 Å². The summed E-state index contributed by atoms with van der Waals surface area (Å²) in [7, 11) is 0. The molecule has 298 valence electrons. The lowest BCUT2D eigenvalue weighted by Crippen LogP contribution is -2.29. The van der Waals surface area contributed by atoms with Gasteiger partial charge < -0.3 is 19.5 Å². The summed E-state index contributed by atoms with van der Waals surface area (Å²) >= 11 is 0. The Morgan fingerprint density at radius 1 is 0.460 bits per heavy atom. The van der Waals surface area contributed by atoms with E-state index in [1.807, 2.05) is 0 Å². The zero-order valence-corrected chi connectivity index (χ0v) is 34.0. The number of hydrogen-bond acceptors (Lipinski definition) is 6. The first-order chi connectivity index (χ1) is 24.6. The Bertz CT molecular complexity index is 686. The fourth-order valence-electron chi connectivity index (χ4n) is 6.88. The lowest BCUT2D eigenvalue weighted by atomic mass is 10.0. The van der Waals surface area contributed by atoms with Crippen LogP contribution in [0.4, 0.5) is 0 Å². The van der Waals surface area contributed by atoms with Crippen molar-refractivity contribution in [2.45, 2.75) is 239 Å². The molecule has 0 aliphatic rings. The monoisotopic (exact) mass is 710 g/mol. The molecule has 0 aliphatic heterocycles. The second-order valence-electron chi connectivity index (χ2n) is 15.2. The lowest BCUT2D eigenvalue weighted by molar-refractivity contribution is -0.150. The second-order valence-corrected chi connectivity index (χ2v) is 15.2. The van der Waals surface area contributed by atoms with Gasteiger partial charge in [0.25, 0.3) is 0 Å². The van der Waals surface area contributed by atoms with Gasteiger partial charge in [0.1, 0.15) is 6.10 Å². The summed E-state index contributed by atoms with van der Waals surface area (Å²) < 4.78 is 11.3. The fourth-order valence-corrected chi connectivity index (χ4v) is 6.88. The first kappa shape index (κ1) is 48.9. The van der Waals surface area contributed by atoms with Crippen LogP contribution in [0.2, 0.25) is 0 Å². The van der Waals surface area contributed by atoms with E-state index in [1.54, 1.807) is 0 Å². The molecule has 0 saturated heterocycles. The molecule has 0 unspecified atom stereocenters. The first-order valence-electron chi connectivity index (χ1n) is 22.3. The van der Waals surface area contributed by atoms with Gasteiger partial charge in [-0.1, -0.05) is 162 Å². The smallest absolute Gasteiger partial charge is 0.306 e. The van der Waals surface area contributed by atoms with Crippen LogP contribution >= 0.6 is 0 Å². The van der Waals surface area contributed by atoms with E-state index >= 15 is 0 Å². The van der Waals surface area contributed by atoms with E-state index in [2.05, 4.69) is 25.7 Å². The largest absolute Gasteiger partial charge is 0.466 e. The summed E-state index contributed by atoms with van der Waals surface area (Å²) in [6.45, 7) is 10.2. The van der Waals surface area contributed by atoms with Crippen molar-refractivity contribution in [3.8, 4) is 0 Å². The standard InChI is InChI=1S/C44H87NO5/c1-4-7-10-12-22-26-33-42(34-27-23-13-11-8-5-2)50-44(48)36-29-31-38-45(39-40-46)37-30-25-21-19-17-15-14-16-18-20-24-28-35-43(47)49-41-32-9-6-3/h42,46H,4-41H2,1-3H3. The van der Waals surface area contributed by atoms with Crippen molar-refractivity contribution in [1.29, 1.82) is 0 Å². The van der Waals surface area contributed by atoms with E-state index in [0.29, 0.717) is 19.4 Å². The maximum absolute atomic E-state index is 12.8. The van der Waals surface area contributed by atoms with Crippen LogP contribution in [-0.4, -0.2) is 60.9 Å². The molecule has 0 fully saturated rings. The normalized spacial score (nSPS) is 11.6. The molecule has 50 heavy (non-hydrogen) atoms. The van der Waals surface area contributed by atoms with Crippen LogP contribution in [-0.2, 0) is 19.1 Å². The highest BCUT2D eigenvalue weighted by molar-refractivity contribution is 5.69. The predicted molar refractivity (Wildman–Crippen MR) is 214 cm³/mol. The van der Waals surface area contributed by atoms with Gasteiger partial charge in [0.2, 0.25) is 0 Å². The van der Waals surface area contributed by atoms with Gasteiger partial charge >= 0.3 is 11.9 Å². The minimum absolute atomic E-state index is 0.00675. The van der Waals surface area contributed by atoms with Crippen LogP contribution in [0.25, 0.3) is 0 Å². The molecule has 0 atom stereocenters. The van der Waals surface area contributed by atoms with E-state index in [1.165, 1.54) is 141 Å². The van der Waals surface area contributed by atoms with E-state index < -0.39 is 0 Å². The number of hydrogen-bond donors (Lipinski definition) is 1. The number of ether oxygens (including phenoxy) is 2. The highest BCUT2D eigenvalue weighted by atomic mass is 16.5. The van der Waals surface area contributed by atoms with Crippen molar-refractivity contribution in [2.24, 2.45) is 0 Å². The maximum atomic E-state index is 12.8. The summed E-state index contributed by atoms with van der Waals surface area (Å²) in [5.41, 5.74) is 0. The highest BCUT2D eigenvalue weighted by Crippen LogP contribution is 2.18. The third kappa shape index (κ3) is 36.6. The van der Waals surface area contributed by atoms with E-state index in [0.717, 1.165) is 77.4 Å². The Hall–Kier alpha value is -1.14. The fraction of sp³-hybridized carbons (Fsp3) is 0.955. The van der Waals surface area contributed by atoms with Crippen LogP contribution in [0.1, 0.15) is 233 Å². The van der Waals surface area contributed by atoms with E-state index in [9.17, 15) is 14.7 Å². The zero-order chi connectivity index (χ0) is 36.6. The summed E-state index contributed by atoms with van der Waals surface area (Å²) in [6, 6.07) is 0. The lowest BCUT2D eigenvalue weighted by Gasteiger charge is -2.21. The van der Waals surface area contributed by atoms with Crippen LogP contribution in [0.3, 0.4) is 0 Å². The predicted octanol–water partition coefficient (Wildman–Crippen LogP) is 12.7. The van der Waals surface area contributed by atoms with Gasteiger partial charge in [-0.3, -0.25) is 9.59 Å². The van der Waals surface area contributed by atoms with Crippen LogP contribution in [0, 0.1) is 0 Å². The molecule has 0 radical (unpaired) electrons. The van der Waals surface area contributed by atoms with Crippen molar-refractivity contribution >= 4 is 11.9 Å². The number of rotatable bonds is 41. The van der Waals surface area contributed by atoms with Gasteiger partial charge in [0, 0.05) is 19.4 Å². The van der Waals surface area contributed by atoms with Crippen molar-refractivity contribution < 1.29 is 24.2 Å². The molecule has 0 aromatic rings. The average Bonchev–Trinajstić information content (AvgIpc) is 3.11. The number of esters is 2. The van der Waals surface area contributed by atoms with Crippen molar-refractivity contribution in [3.63, 3.8) is 0 Å². The molecule has 0 aromatic heterocycles. The number of unbranched alkanes of at least 4 members (excludes halogenated alkanes) is 24. The van der Waals surface area contributed by atoms with E-state index in [-0.39, 0.29) is 24.6 Å². The minimum atomic E-state index is -0.0167. The van der Waals surface area contributed by atoms with Crippen molar-refractivity contribution in [2.75, 3.05) is 32.8 Å². The van der Waals surface area contributed by atoms with Gasteiger partial charge in [-0.05, 0) is 70.9 Å². The molecule has 0 spiro atoms. The number of aliphatic hydroxyl groups excluding tert-OH is 1. The topological polar surface area (TPSA) is 76.1 Å². The van der Waals surface area contributed by atoms with Crippen molar-refractivity contribution in [1.82, 2.24) is 4.90 Å². The molecular weight excluding hydrogens is 622 g/mol. The Kier molecular flexibility index (Phi) is 39.7. The van der Waals surface area contributed by atoms with Gasteiger partial charge in [-0.15, -0.1) is 0 Å². The molecule has 0 amide bonds. The van der Waals surface area contributed by atoms with E-state index in [4.69, 9.17) is 9.47 Å². The summed E-state index contributed by atoms with van der Waals surface area (Å²) in [4.78, 5) is 26.8. The molecule has 0 heterocycles. The number of carbonyl (C=O) groups excluding carboxylic acids is 2. The van der Waals surface area contributed by atoms with Crippen LogP contribution in [0.5, 0.6) is 0 Å². The molecule has 6 nitrogen and oxygen atoms in total. The molecule has 0 bridgehead atoms. The molecule has 1 N–H and O–H groups in total. The Morgan fingerprint density at radius 2 is 0.840 bits per heavy atom. The quantitative estimate of drug-likeness (QED) is 0.0503. The van der Waals surface area contributed by atoms with Gasteiger partial charge in [-0.25, -0.2) is 0 Å². The molecule has 0 saturated carbocycles. The molecular formula is C44H87NO5. The Morgan fingerprint density at radius 3 is 1.34 bits per heavy atom. The third-order valence-corrected chi connectivity index (χ3v) is 10.2. The van der Waals surface area contributed by atoms with Crippen molar-refractivity contribution in [3.05, 3.63) is 0 Å². The van der Waals surface area contributed by atoms with Crippen LogP contribution in [0.15, 0.2) is 0 Å². The Balaban J connectivity index is 3.92. The number of carbonyl (C=O) groups is 2. The van der Waals surface area contributed by atoms with Crippen LogP contribution < -0.4 is 0 Å². The zero-order valence-electron chi connectivity index (χ0n) is 34.0. The Labute approximate surface area is 312 Å². The summed E-state index contributed by atoms with van der Waals surface area (Å²) in [5, 5.41) is 9.58. The SMILES string of the molecule is CCCCCCCCC(CCCCCCCC)OC(=O)CCCCN(CCO)CCCCCCCCCCCCCCC(=O)OCCCCC. The van der Waals surface area contributed by atoms with Gasteiger partial charge in [0.05, 0.1) is 13.2 Å². The molecule has 0 aliphatic carbocycles. The minimum Gasteiger partial charge on any atom is -0.466 e. The molecule has 6 heteroatoms. The summed E-state index contributed by atoms with van der Waals surface area (Å²) in [6.07, 6.45) is 38.8. The first-order valence-corrected chi connectivity index (χ1v) is 22.3. The molecule has 0 rings (SSSR count). The summed E-state index contributed by atoms with van der Waals surface area (Å²) in [5.74, 6) is -0.0234. The van der Waals surface area contributed by atoms with Gasteiger partial charge in [-0.2, -0.15) is 0 Å². The number of nitrogens with zero attached hydrogens (tertiary/aromatic N) is 1. The third-order valence-electron chi connectivity index (χ3n) is 10.2. The molecule has 0 aromatic carbocycles. The number of aliphatic hydroxyl groups is 1. The highest BCUT2D eigenvalue weighted by Gasteiger charge is 2.15. The second kappa shape index (κ2) is 40.6. The average molecular weight is 710 g/mol.